The molecule has 1 heterocycles. The summed E-state index contributed by atoms with van der Waals surface area (Å²) < 4.78 is 66.8. The van der Waals surface area contributed by atoms with Crippen molar-refractivity contribution < 1.29 is 51.9 Å². The third-order valence-corrected chi connectivity index (χ3v) is 23.2. The molecule has 0 saturated carbocycles. The van der Waals surface area contributed by atoms with Crippen molar-refractivity contribution in [2.75, 3.05) is 20.3 Å². The number of unbranched alkanes of at least 4 members (excludes halogenated alkanes) is 10. The maximum Gasteiger partial charge on any atom is 0.302 e. The number of hydrogen-bond acceptors (Lipinski definition) is 11. The third-order valence-electron chi connectivity index (χ3n) is 18.1. The standard InChI is InChI=1S/C82H108O11Si/c1-65(85-59-67-38-22-15-23-39-67)37-21-14-32-48-74(92-81-80(90-63-70-44-28-18-29-45-70)79(89-62-69-42-26-17-27-43-69)78(77(93-81)64-86-66(2)83)88-61-68-40-24-16-25-41-68)47-31-13-11-9-7-8-10-12-30-46-73(87-60-71-53-55-72(84-6)56-54-71)57-58-91-94(82(3,4)5,75-49-33-19-34-50-75)76-51-35-20-36-52-76/h15-20,22-29,33-36,38-45,49-56,65,73-74,77-81H,7-14,21,30-32,37,46-48,57-64H2,1-6H3/t65-,73-,74+,77-,78-,79+,80-,81+/m1/s1. The smallest absolute Gasteiger partial charge is 0.302 e. The summed E-state index contributed by atoms with van der Waals surface area (Å²) in [4.78, 5) is 12.5. The van der Waals surface area contributed by atoms with E-state index in [2.05, 4.69) is 149 Å². The Morgan fingerprint density at radius 1 is 0.447 bits per heavy atom. The van der Waals surface area contributed by atoms with Crippen molar-refractivity contribution in [3.63, 3.8) is 0 Å². The van der Waals surface area contributed by atoms with E-state index >= 15 is 0 Å². The number of carbonyl (C=O) groups excluding carboxylic acids is 1. The first-order valence-electron chi connectivity index (χ1n) is 35.0. The van der Waals surface area contributed by atoms with Gasteiger partial charge < -0.3 is 47.1 Å². The average Bonchev–Trinajstić information content (AvgIpc) is 0.755. The molecule has 1 aliphatic rings. The first-order chi connectivity index (χ1) is 46.0. The number of ether oxygens (including phenoxy) is 9. The van der Waals surface area contributed by atoms with E-state index in [9.17, 15) is 4.79 Å². The van der Waals surface area contributed by atoms with Crippen LogP contribution in [-0.2, 0) is 80.1 Å². The van der Waals surface area contributed by atoms with Crippen molar-refractivity contribution in [1.82, 2.24) is 0 Å². The van der Waals surface area contributed by atoms with Crippen molar-refractivity contribution in [3.05, 3.63) is 234 Å². The summed E-state index contributed by atoms with van der Waals surface area (Å²) in [5.41, 5.74) is 5.38. The van der Waals surface area contributed by atoms with Crippen molar-refractivity contribution in [2.45, 2.75) is 231 Å². The first kappa shape index (κ1) is 73.5. The molecule has 0 aliphatic carbocycles. The zero-order valence-corrected chi connectivity index (χ0v) is 58.2. The first-order valence-corrected chi connectivity index (χ1v) is 36.9. The summed E-state index contributed by atoms with van der Waals surface area (Å²) in [6.45, 7) is 13.3. The quantitative estimate of drug-likeness (QED) is 0.0207. The molecule has 0 radical (unpaired) electrons. The summed E-state index contributed by atoms with van der Waals surface area (Å²) in [7, 11) is -0.973. The van der Waals surface area contributed by atoms with Crippen LogP contribution in [0.4, 0.5) is 0 Å². The van der Waals surface area contributed by atoms with Gasteiger partial charge in [-0.2, -0.15) is 0 Å². The number of benzene rings is 7. The molecule has 0 bridgehead atoms. The van der Waals surface area contributed by atoms with Crippen LogP contribution < -0.4 is 15.1 Å². The maximum atomic E-state index is 12.5. The van der Waals surface area contributed by atoms with E-state index in [0.29, 0.717) is 39.6 Å². The number of rotatable bonds is 44. The number of carbonyl (C=O) groups is 1. The van der Waals surface area contributed by atoms with Gasteiger partial charge in [-0.15, -0.1) is 0 Å². The molecule has 0 amide bonds. The molecule has 1 aliphatic heterocycles. The summed E-state index contributed by atoms with van der Waals surface area (Å²) in [6.07, 6.45) is 14.7. The van der Waals surface area contributed by atoms with Crippen LogP contribution in [0.1, 0.15) is 172 Å². The van der Waals surface area contributed by atoms with Gasteiger partial charge >= 0.3 is 5.97 Å². The molecule has 1 saturated heterocycles. The van der Waals surface area contributed by atoms with Gasteiger partial charge in [0, 0.05) is 13.5 Å². The number of methoxy groups -OCH3 is 1. The average molecular weight is 1300 g/mol. The minimum atomic E-state index is -2.68. The molecule has 1 fully saturated rings. The second-order valence-corrected chi connectivity index (χ2v) is 30.8. The molecule has 0 spiro atoms. The predicted octanol–water partition coefficient (Wildman–Crippen LogP) is 17.8. The van der Waals surface area contributed by atoms with E-state index < -0.39 is 45.0 Å². The van der Waals surface area contributed by atoms with Gasteiger partial charge in [-0.1, -0.05) is 292 Å². The van der Waals surface area contributed by atoms with Crippen LogP contribution in [0, 0.1) is 0 Å². The normalized spacial score (nSPS) is 17.7. The van der Waals surface area contributed by atoms with Crippen molar-refractivity contribution >= 4 is 24.7 Å². The molecule has 12 heteroatoms. The van der Waals surface area contributed by atoms with Gasteiger partial charge in [0.25, 0.3) is 8.32 Å². The third kappa shape index (κ3) is 24.7. The van der Waals surface area contributed by atoms with Gasteiger partial charge in [0.15, 0.2) is 6.29 Å². The Morgan fingerprint density at radius 3 is 1.31 bits per heavy atom. The Morgan fingerprint density at radius 2 is 0.840 bits per heavy atom. The monoisotopic (exact) mass is 1300 g/mol. The number of hydrogen-bond donors (Lipinski definition) is 0. The van der Waals surface area contributed by atoms with Crippen LogP contribution in [0.25, 0.3) is 0 Å². The molecule has 0 unspecified atom stereocenters. The van der Waals surface area contributed by atoms with Crippen LogP contribution in [0.15, 0.2) is 206 Å². The van der Waals surface area contributed by atoms with Gasteiger partial charge in [-0.3, -0.25) is 4.79 Å². The lowest BCUT2D eigenvalue weighted by Crippen LogP contribution is -2.66. The van der Waals surface area contributed by atoms with Gasteiger partial charge in [-0.05, 0) is 94.4 Å². The predicted molar refractivity (Wildman–Crippen MR) is 380 cm³/mol. The second-order valence-electron chi connectivity index (χ2n) is 26.5. The Hall–Kier alpha value is -6.29. The van der Waals surface area contributed by atoms with Gasteiger partial charge in [0.05, 0.1) is 58.5 Å². The summed E-state index contributed by atoms with van der Waals surface area (Å²) in [5.74, 6) is 0.450. The molecule has 0 aromatic heterocycles. The van der Waals surface area contributed by atoms with Crippen molar-refractivity contribution in [3.8, 4) is 5.75 Å². The Bertz CT molecular complexity index is 3040. The maximum absolute atomic E-state index is 12.5. The van der Waals surface area contributed by atoms with Gasteiger partial charge in [-0.25, -0.2) is 0 Å². The van der Waals surface area contributed by atoms with Gasteiger partial charge in [0.2, 0.25) is 0 Å². The highest BCUT2D eigenvalue weighted by molar-refractivity contribution is 6.99. The van der Waals surface area contributed by atoms with Crippen molar-refractivity contribution in [2.24, 2.45) is 0 Å². The fraction of sp³-hybridized carbons (Fsp3) is 0.476. The molecule has 8 rings (SSSR count). The lowest BCUT2D eigenvalue weighted by Gasteiger charge is -2.46. The van der Waals surface area contributed by atoms with E-state index in [1.54, 1.807) is 7.11 Å². The largest absolute Gasteiger partial charge is 0.497 e. The van der Waals surface area contributed by atoms with Crippen LogP contribution in [-0.4, -0.2) is 83.6 Å². The lowest BCUT2D eigenvalue weighted by atomic mass is 9.97. The highest BCUT2D eigenvalue weighted by Crippen LogP contribution is 2.38. The van der Waals surface area contributed by atoms with Crippen LogP contribution in [0.5, 0.6) is 5.75 Å². The molecule has 7 aromatic rings. The van der Waals surface area contributed by atoms with Crippen LogP contribution in [0.2, 0.25) is 5.04 Å². The van der Waals surface area contributed by atoms with E-state index in [-0.39, 0.29) is 30.0 Å². The molecule has 506 valence electrons. The molecular formula is C82H108O11Si. The molecule has 11 nitrogen and oxygen atoms in total. The van der Waals surface area contributed by atoms with E-state index in [1.807, 2.05) is 84.9 Å². The molecule has 7 aromatic carbocycles. The molecule has 0 N–H and O–H groups in total. The van der Waals surface area contributed by atoms with Crippen LogP contribution >= 0.6 is 0 Å². The lowest BCUT2D eigenvalue weighted by molar-refractivity contribution is -0.335. The molecular weight excluding hydrogens is 1190 g/mol. The van der Waals surface area contributed by atoms with Crippen molar-refractivity contribution in [1.29, 1.82) is 0 Å². The van der Waals surface area contributed by atoms with E-state index in [4.69, 9.17) is 47.1 Å². The zero-order chi connectivity index (χ0) is 65.9. The van der Waals surface area contributed by atoms with E-state index in [1.165, 1.54) is 61.4 Å². The Balaban J connectivity index is 0.883. The van der Waals surface area contributed by atoms with E-state index in [0.717, 1.165) is 98.6 Å². The second kappa shape index (κ2) is 41.0. The topological polar surface area (TPSA) is 109 Å². The minimum absolute atomic E-state index is 0.0269. The summed E-state index contributed by atoms with van der Waals surface area (Å²) in [6, 6.07) is 70.9. The Kier molecular flexibility index (Phi) is 32.0. The SMILES string of the molecule is COc1ccc(CO[C@H](CCCCCCCCCCC[C@@H](CCCCC[C@@H](C)OCc2ccccc2)O[C@H]2O[C@H](COC(C)=O)[C@@H](OCc3ccccc3)[C@H](OCc3ccccc3)[C@H]2OCc2ccccc2)CCO[Si](c2ccccc2)(c2ccccc2)C(C)(C)C)cc1. The molecule has 8 atom stereocenters. The van der Waals surface area contributed by atoms with Gasteiger partial charge in [0.1, 0.15) is 36.8 Å². The fourth-order valence-electron chi connectivity index (χ4n) is 12.9. The number of esters is 1. The highest BCUT2D eigenvalue weighted by atomic mass is 28.4. The Labute approximate surface area is 564 Å². The zero-order valence-electron chi connectivity index (χ0n) is 57.2. The fourth-order valence-corrected chi connectivity index (χ4v) is 17.4. The highest BCUT2D eigenvalue weighted by Gasteiger charge is 2.51. The summed E-state index contributed by atoms with van der Waals surface area (Å²) >= 11 is 0. The minimum Gasteiger partial charge on any atom is -0.497 e. The van der Waals surface area contributed by atoms with Crippen LogP contribution in [0.3, 0.4) is 0 Å². The molecule has 94 heavy (non-hydrogen) atoms. The summed E-state index contributed by atoms with van der Waals surface area (Å²) in [5, 5.41) is 2.50.